The molecule has 0 unspecified atom stereocenters. The number of phenolic OH excluding ortho intramolecular Hbond substituents is 1. The minimum absolute atomic E-state index is 0.113. The first-order valence-corrected chi connectivity index (χ1v) is 9.70. The number of hydrogen-bond acceptors (Lipinski definition) is 6. The molecule has 8 heteroatoms. The van der Waals surface area contributed by atoms with Gasteiger partial charge < -0.3 is 10.0 Å². The molecule has 0 bridgehead atoms. The summed E-state index contributed by atoms with van der Waals surface area (Å²) >= 11 is 1.38. The summed E-state index contributed by atoms with van der Waals surface area (Å²) in [4.78, 5) is 15.0. The van der Waals surface area contributed by atoms with Gasteiger partial charge in [-0.05, 0) is 52.1 Å². The molecule has 0 saturated carbocycles. The Bertz CT molecular complexity index is 859. The molecule has 2 heterocycles. The average Bonchev–Trinajstić information content (AvgIpc) is 3.12. The SMILES string of the molecule is CC(C)c1cc(C=C2SC=CN(Cc3nn[nH]n3)C2=O)cc(C(C)C)c1O. The number of carbonyl (C=O) groups is 1. The van der Waals surface area contributed by atoms with E-state index in [1.807, 2.05) is 51.3 Å². The van der Waals surface area contributed by atoms with Gasteiger partial charge in [0.2, 0.25) is 0 Å². The summed E-state index contributed by atoms with van der Waals surface area (Å²) < 4.78 is 0. The molecular weight excluding hydrogens is 362 g/mol. The third kappa shape index (κ3) is 4.21. The zero-order chi connectivity index (χ0) is 19.6. The molecule has 0 spiro atoms. The van der Waals surface area contributed by atoms with Gasteiger partial charge in [0, 0.05) is 6.20 Å². The maximum atomic E-state index is 12.8. The smallest absolute Gasteiger partial charge is 0.265 e. The first kappa shape index (κ1) is 19.2. The number of carbonyl (C=O) groups excluding carboxylic acids is 1. The number of amides is 1. The van der Waals surface area contributed by atoms with E-state index < -0.39 is 0 Å². The molecule has 7 nitrogen and oxygen atoms in total. The second-order valence-corrected chi connectivity index (χ2v) is 7.98. The number of aromatic amines is 1. The van der Waals surface area contributed by atoms with Crippen molar-refractivity contribution >= 4 is 23.7 Å². The Morgan fingerprint density at radius 3 is 2.44 bits per heavy atom. The highest BCUT2D eigenvalue weighted by Crippen LogP contribution is 2.36. The molecule has 2 aromatic rings. The number of nitrogens with zero attached hydrogens (tertiary/aromatic N) is 4. The Kier molecular flexibility index (Phi) is 5.65. The van der Waals surface area contributed by atoms with Crippen molar-refractivity contribution in [3.05, 3.63) is 51.2 Å². The fraction of sp³-hybridized carbons (Fsp3) is 0.368. The quantitative estimate of drug-likeness (QED) is 0.762. The molecule has 3 rings (SSSR count). The van der Waals surface area contributed by atoms with Gasteiger partial charge in [-0.25, -0.2) is 0 Å². The normalized spacial score (nSPS) is 16.1. The molecule has 1 aromatic heterocycles. The van der Waals surface area contributed by atoms with Crippen molar-refractivity contribution in [1.29, 1.82) is 0 Å². The molecule has 1 aliphatic rings. The number of benzene rings is 1. The summed E-state index contributed by atoms with van der Waals surface area (Å²) in [5.74, 6) is 1.06. The summed E-state index contributed by atoms with van der Waals surface area (Å²) in [6.45, 7) is 8.45. The van der Waals surface area contributed by atoms with Gasteiger partial charge in [-0.1, -0.05) is 44.7 Å². The number of tetrazole rings is 1. The van der Waals surface area contributed by atoms with Gasteiger partial charge in [-0.15, -0.1) is 10.2 Å². The van der Waals surface area contributed by atoms with E-state index in [0.717, 1.165) is 16.7 Å². The first-order valence-electron chi connectivity index (χ1n) is 8.82. The predicted octanol–water partition coefficient (Wildman–Crippen LogP) is 3.74. The summed E-state index contributed by atoms with van der Waals surface area (Å²) in [6.07, 6.45) is 3.59. The summed E-state index contributed by atoms with van der Waals surface area (Å²) in [7, 11) is 0. The van der Waals surface area contributed by atoms with E-state index in [2.05, 4.69) is 20.6 Å². The van der Waals surface area contributed by atoms with Gasteiger partial charge in [-0.2, -0.15) is 5.21 Å². The third-order valence-corrected chi connectivity index (χ3v) is 5.15. The van der Waals surface area contributed by atoms with Crippen LogP contribution >= 0.6 is 11.8 Å². The lowest BCUT2D eigenvalue weighted by Crippen LogP contribution is -2.28. The Balaban J connectivity index is 1.93. The lowest BCUT2D eigenvalue weighted by Gasteiger charge is -2.22. The number of thioether (sulfide) groups is 1. The van der Waals surface area contributed by atoms with Crippen LogP contribution in [0.15, 0.2) is 28.6 Å². The largest absolute Gasteiger partial charge is 0.507 e. The minimum atomic E-state index is -0.113. The fourth-order valence-electron chi connectivity index (χ4n) is 2.88. The van der Waals surface area contributed by atoms with Crippen LogP contribution in [-0.2, 0) is 11.3 Å². The van der Waals surface area contributed by atoms with Crippen LogP contribution in [0.5, 0.6) is 5.75 Å². The Labute approximate surface area is 162 Å². The fourth-order valence-corrected chi connectivity index (χ4v) is 3.65. The van der Waals surface area contributed by atoms with Crippen molar-refractivity contribution in [2.24, 2.45) is 0 Å². The molecule has 1 aliphatic heterocycles. The minimum Gasteiger partial charge on any atom is -0.507 e. The Morgan fingerprint density at radius 1 is 1.22 bits per heavy atom. The van der Waals surface area contributed by atoms with Crippen molar-refractivity contribution in [1.82, 2.24) is 25.5 Å². The second-order valence-electron chi connectivity index (χ2n) is 7.03. The highest BCUT2D eigenvalue weighted by atomic mass is 32.2. The van der Waals surface area contributed by atoms with Crippen molar-refractivity contribution in [2.45, 2.75) is 46.1 Å². The highest BCUT2D eigenvalue weighted by molar-refractivity contribution is 8.06. The molecule has 0 atom stereocenters. The zero-order valence-corrected chi connectivity index (χ0v) is 16.6. The summed E-state index contributed by atoms with van der Waals surface area (Å²) in [6, 6.07) is 3.91. The van der Waals surface area contributed by atoms with E-state index >= 15 is 0 Å². The van der Waals surface area contributed by atoms with Gasteiger partial charge in [-0.3, -0.25) is 4.79 Å². The maximum absolute atomic E-state index is 12.8. The van der Waals surface area contributed by atoms with Gasteiger partial charge in [0.25, 0.3) is 5.91 Å². The van der Waals surface area contributed by atoms with Crippen LogP contribution in [0.2, 0.25) is 0 Å². The van der Waals surface area contributed by atoms with E-state index in [1.165, 1.54) is 11.8 Å². The molecule has 0 aliphatic carbocycles. The van der Waals surface area contributed by atoms with E-state index in [1.54, 1.807) is 11.1 Å². The predicted molar refractivity (Wildman–Crippen MR) is 106 cm³/mol. The number of rotatable bonds is 5. The molecule has 1 amide bonds. The topological polar surface area (TPSA) is 95.0 Å². The third-order valence-electron chi connectivity index (χ3n) is 4.34. The monoisotopic (exact) mass is 385 g/mol. The number of phenols is 1. The molecule has 0 fully saturated rings. The van der Waals surface area contributed by atoms with Crippen LogP contribution in [-0.4, -0.2) is 36.5 Å². The van der Waals surface area contributed by atoms with E-state index in [0.29, 0.717) is 16.5 Å². The van der Waals surface area contributed by atoms with Gasteiger partial charge >= 0.3 is 0 Å². The Morgan fingerprint density at radius 2 is 1.89 bits per heavy atom. The van der Waals surface area contributed by atoms with Crippen molar-refractivity contribution in [3.8, 4) is 5.75 Å². The van der Waals surface area contributed by atoms with Gasteiger partial charge in [0.15, 0.2) is 5.82 Å². The van der Waals surface area contributed by atoms with Crippen LogP contribution < -0.4 is 0 Å². The molecule has 142 valence electrons. The van der Waals surface area contributed by atoms with Crippen molar-refractivity contribution < 1.29 is 9.90 Å². The standard InChI is InChI=1S/C19H23N5O2S/c1-11(2)14-7-13(8-15(12(3)4)18(14)25)9-16-19(26)24(5-6-27-16)10-17-20-22-23-21-17/h5-9,11-12,25H,10H2,1-4H3,(H,20,21,22,23). The number of nitrogens with one attached hydrogen (secondary N) is 1. The second kappa shape index (κ2) is 7.96. The van der Waals surface area contributed by atoms with Gasteiger partial charge in [0.1, 0.15) is 5.75 Å². The van der Waals surface area contributed by atoms with Gasteiger partial charge in [0.05, 0.1) is 11.4 Å². The maximum Gasteiger partial charge on any atom is 0.265 e. The number of aromatic nitrogens is 4. The van der Waals surface area contributed by atoms with Crippen LogP contribution in [0.4, 0.5) is 0 Å². The van der Waals surface area contributed by atoms with Crippen LogP contribution in [0.3, 0.4) is 0 Å². The highest BCUT2D eigenvalue weighted by Gasteiger charge is 2.22. The molecule has 27 heavy (non-hydrogen) atoms. The molecule has 1 aromatic carbocycles. The lowest BCUT2D eigenvalue weighted by atomic mass is 9.91. The van der Waals surface area contributed by atoms with Crippen molar-refractivity contribution in [2.75, 3.05) is 0 Å². The zero-order valence-electron chi connectivity index (χ0n) is 15.8. The molecule has 0 saturated heterocycles. The number of aromatic hydroxyl groups is 1. The Hall–Kier alpha value is -2.61. The van der Waals surface area contributed by atoms with Crippen LogP contribution in [0, 0.1) is 0 Å². The number of hydrogen-bond donors (Lipinski definition) is 2. The lowest BCUT2D eigenvalue weighted by molar-refractivity contribution is -0.124. The van der Waals surface area contributed by atoms with Crippen LogP contribution in [0.25, 0.3) is 6.08 Å². The van der Waals surface area contributed by atoms with E-state index in [4.69, 9.17) is 0 Å². The molecular formula is C19H23N5O2S. The van der Waals surface area contributed by atoms with Crippen molar-refractivity contribution in [3.63, 3.8) is 0 Å². The number of H-pyrrole nitrogens is 1. The summed E-state index contributed by atoms with van der Waals surface area (Å²) in [5, 5.41) is 26.1. The summed E-state index contributed by atoms with van der Waals surface area (Å²) in [5.41, 5.74) is 2.69. The first-order chi connectivity index (χ1) is 12.9. The van der Waals surface area contributed by atoms with E-state index in [9.17, 15) is 9.90 Å². The molecule has 0 radical (unpaired) electrons. The average molecular weight is 385 g/mol. The molecule has 2 N–H and O–H groups in total. The van der Waals surface area contributed by atoms with Crippen LogP contribution in [0.1, 0.15) is 62.0 Å². The van der Waals surface area contributed by atoms with E-state index in [-0.39, 0.29) is 24.3 Å².